The smallest absolute Gasteiger partial charge is 0.335 e. The van der Waals surface area contributed by atoms with Gasteiger partial charge in [-0.2, -0.15) is 0 Å². The molecule has 0 saturated heterocycles. The average molecular weight is 345 g/mol. The van der Waals surface area contributed by atoms with Crippen LogP contribution in [0, 0.1) is 0 Å². The van der Waals surface area contributed by atoms with Gasteiger partial charge in [0, 0.05) is 11.5 Å². The molecule has 1 aromatic rings. The third-order valence-corrected chi connectivity index (χ3v) is 3.05. The van der Waals surface area contributed by atoms with E-state index < -0.39 is 18.0 Å². The first-order chi connectivity index (χ1) is 9.35. The highest BCUT2D eigenvalue weighted by Crippen LogP contribution is 2.24. The first-order valence-corrected chi connectivity index (χ1v) is 6.26. The van der Waals surface area contributed by atoms with Crippen LogP contribution in [0.4, 0.5) is 10.5 Å². The molecule has 2 amide bonds. The molecule has 1 rings (SSSR count). The fourth-order valence-electron chi connectivity index (χ4n) is 1.29. The molecule has 0 aliphatic heterocycles. The van der Waals surface area contributed by atoms with Crippen LogP contribution < -0.4 is 5.32 Å². The lowest BCUT2D eigenvalue weighted by molar-refractivity contribution is -0.140. The zero-order valence-corrected chi connectivity index (χ0v) is 12.4. The fourth-order valence-corrected chi connectivity index (χ4v) is 1.77. The van der Waals surface area contributed by atoms with E-state index in [9.17, 15) is 14.4 Å². The Morgan fingerprint density at radius 1 is 1.40 bits per heavy atom. The summed E-state index contributed by atoms with van der Waals surface area (Å²) in [5.74, 6) is -1.60. The molecule has 108 valence electrons. The molecule has 0 unspecified atom stereocenters. The Labute approximate surface area is 123 Å². The van der Waals surface area contributed by atoms with E-state index in [0.717, 1.165) is 4.90 Å². The number of carboxylic acid groups (broad SMARTS) is 1. The maximum Gasteiger partial charge on any atom is 0.335 e. The van der Waals surface area contributed by atoms with E-state index in [2.05, 4.69) is 26.0 Å². The molecular weight excluding hydrogens is 332 g/mol. The minimum atomic E-state index is -1.06. The normalized spacial score (nSPS) is 9.75. The maximum absolute atomic E-state index is 11.8. The minimum Gasteiger partial charge on any atom is -0.478 e. The van der Waals surface area contributed by atoms with Crippen molar-refractivity contribution in [2.75, 3.05) is 26.0 Å². The van der Waals surface area contributed by atoms with E-state index in [0.29, 0.717) is 10.2 Å². The molecule has 8 heteroatoms. The number of carbonyl (C=O) groups is 3. The number of aromatic carboxylic acids is 1. The monoisotopic (exact) mass is 344 g/mol. The van der Waals surface area contributed by atoms with E-state index in [1.165, 1.54) is 32.4 Å². The summed E-state index contributed by atoms with van der Waals surface area (Å²) in [6.07, 6.45) is 0. The molecule has 20 heavy (non-hydrogen) atoms. The number of benzene rings is 1. The van der Waals surface area contributed by atoms with Crippen molar-refractivity contribution in [3.05, 3.63) is 28.2 Å². The number of hydrogen-bond donors (Lipinski definition) is 2. The SMILES string of the molecule is COC(=O)CN(C)C(=O)Nc1ccc(C(=O)O)cc1Br. The van der Waals surface area contributed by atoms with Crippen molar-refractivity contribution in [2.24, 2.45) is 0 Å². The molecule has 0 heterocycles. The van der Waals surface area contributed by atoms with Gasteiger partial charge in [0.15, 0.2) is 0 Å². The lowest BCUT2D eigenvalue weighted by Gasteiger charge is -2.17. The first-order valence-electron chi connectivity index (χ1n) is 5.47. The van der Waals surface area contributed by atoms with Gasteiger partial charge in [0.05, 0.1) is 18.4 Å². The maximum atomic E-state index is 11.8. The highest BCUT2D eigenvalue weighted by molar-refractivity contribution is 9.10. The van der Waals surface area contributed by atoms with Crippen molar-refractivity contribution in [3.63, 3.8) is 0 Å². The van der Waals surface area contributed by atoms with Gasteiger partial charge in [0.2, 0.25) is 0 Å². The van der Waals surface area contributed by atoms with Gasteiger partial charge in [-0.15, -0.1) is 0 Å². The van der Waals surface area contributed by atoms with Crippen molar-refractivity contribution in [1.29, 1.82) is 0 Å². The molecule has 0 bridgehead atoms. The molecule has 2 N–H and O–H groups in total. The molecule has 0 atom stereocenters. The summed E-state index contributed by atoms with van der Waals surface area (Å²) < 4.78 is 4.88. The number of methoxy groups -OCH3 is 1. The number of esters is 1. The number of carboxylic acids is 1. The van der Waals surface area contributed by atoms with E-state index in [-0.39, 0.29) is 12.1 Å². The standard InChI is InChI=1S/C12H13BrN2O5/c1-15(6-10(16)20-2)12(19)14-9-4-3-7(11(17)18)5-8(9)13/h3-5H,6H2,1-2H3,(H,14,19)(H,17,18). The number of hydrogen-bond acceptors (Lipinski definition) is 4. The van der Waals surface area contributed by atoms with E-state index in [1.807, 2.05) is 0 Å². The summed E-state index contributed by atoms with van der Waals surface area (Å²) in [5, 5.41) is 11.4. The molecule has 0 radical (unpaired) electrons. The summed E-state index contributed by atoms with van der Waals surface area (Å²) in [6.45, 7) is -0.187. The lowest BCUT2D eigenvalue weighted by atomic mass is 10.2. The Bertz CT molecular complexity index is 547. The minimum absolute atomic E-state index is 0.0952. The predicted molar refractivity (Wildman–Crippen MR) is 74.8 cm³/mol. The second-order valence-electron chi connectivity index (χ2n) is 3.86. The second kappa shape index (κ2) is 6.90. The summed E-state index contributed by atoms with van der Waals surface area (Å²) in [6, 6.07) is 3.68. The van der Waals surface area contributed by atoms with Gasteiger partial charge >= 0.3 is 18.0 Å². The second-order valence-corrected chi connectivity index (χ2v) is 4.72. The zero-order valence-electron chi connectivity index (χ0n) is 10.8. The Balaban J connectivity index is 2.75. The number of nitrogens with one attached hydrogen (secondary N) is 1. The number of ether oxygens (including phenoxy) is 1. The van der Waals surface area contributed by atoms with Gasteiger partial charge in [-0.25, -0.2) is 9.59 Å². The van der Waals surface area contributed by atoms with Crippen LogP contribution in [0.1, 0.15) is 10.4 Å². The molecule has 0 spiro atoms. The van der Waals surface area contributed by atoms with Gasteiger partial charge in [-0.05, 0) is 34.1 Å². The van der Waals surface area contributed by atoms with Crippen molar-refractivity contribution >= 4 is 39.6 Å². The predicted octanol–water partition coefficient (Wildman–Crippen LogP) is 1.78. The van der Waals surface area contributed by atoms with Crippen LogP contribution in [0.2, 0.25) is 0 Å². The van der Waals surface area contributed by atoms with Crippen LogP contribution in [0.5, 0.6) is 0 Å². The summed E-state index contributed by atoms with van der Waals surface area (Å²) >= 11 is 3.17. The number of likely N-dealkylation sites (N-methyl/N-ethyl adjacent to an activating group) is 1. The number of anilines is 1. The largest absolute Gasteiger partial charge is 0.478 e. The van der Waals surface area contributed by atoms with Crippen LogP contribution in [-0.4, -0.2) is 48.7 Å². The summed E-state index contributed by atoms with van der Waals surface area (Å²) in [5.41, 5.74) is 0.495. The first kappa shape index (κ1) is 16.0. The Kier molecular flexibility index (Phi) is 5.51. The Morgan fingerprint density at radius 3 is 2.55 bits per heavy atom. The van der Waals surface area contributed by atoms with Crippen LogP contribution in [0.3, 0.4) is 0 Å². The van der Waals surface area contributed by atoms with Crippen LogP contribution in [0.25, 0.3) is 0 Å². The number of rotatable bonds is 4. The highest BCUT2D eigenvalue weighted by atomic mass is 79.9. The quantitative estimate of drug-likeness (QED) is 0.811. The Hall–Kier alpha value is -2.09. The average Bonchev–Trinajstić information content (AvgIpc) is 2.40. The van der Waals surface area contributed by atoms with Crippen LogP contribution >= 0.6 is 15.9 Å². The summed E-state index contributed by atoms with van der Waals surface area (Å²) in [7, 11) is 2.67. The zero-order chi connectivity index (χ0) is 15.3. The third kappa shape index (κ3) is 4.23. The molecular formula is C12H13BrN2O5. The van der Waals surface area contributed by atoms with Crippen LogP contribution in [0.15, 0.2) is 22.7 Å². The molecule has 1 aromatic carbocycles. The number of urea groups is 1. The van der Waals surface area contributed by atoms with Crippen molar-refractivity contribution in [2.45, 2.75) is 0 Å². The topological polar surface area (TPSA) is 95.9 Å². The van der Waals surface area contributed by atoms with E-state index >= 15 is 0 Å². The van der Waals surface area contributed by atoms with Gasteiger partial charge in [-0.3, -0.25) is 4.79 Å². The van der Waals surface area contributed by atoms with Gasteiger partial charge < -0.3 is 20.1 Å². The van der Waals surface area contributed by atoms with Crippen molar-refractivity contribution < 1.29 is 24.2 Å². The van der Waals surface area contributed by atoms with Gasteiger partial charge in [0.1, 0.15) is 6.54 Å². The van der Waals surface area contributed by atoms with Crippen LogP contribution in [-0.2, 0) is 9.53 Å². The number of halogens is 1. The van der Waals surface area contributed by atoms with Gasteiger partial charge in [-0.1, -0.05) is 0 Å². The van der Waals surface area contributed by atoms with E-state index in [1.54, 1.807) is 0 Å². The highest BCUT2D eigenvalue weighted by Gasteiger charge is 2.15. The number of nitrogens with zero attached hydrogens (tertiary/aromatic N) is 1. The molecule has 0 aromatic heterocycles. The third-order valence-electron chi connectivity index (χ3n) is 2.40. The summed E-state index contributed by atoms with van der Waals surface area (Å²) in [4.78, 5) is 34.8. The molecule has 0 saturated carbocycles. The van der Waals surface area contributed by atoms with Crippen molar-refractivity contribution in [3.8, 4) is 0 Å². The fraction of sp³-hybridized carbons (Fsp3) is 0.250. The molecule has 0 aliphatic rings. The molecule has 7 nitrogen and oxygen atoms in total. The number of carbonyl (C=O) groups excluding carboxylic acids is 2. The van der Waals surface area contributed by atoms with Gasteiger partial charge in [0.25, 0.3) is 0 Å². The Morgan fingerprint density at radius 2 is 2.05 bits per heavy atom. The van der Waals surface area contributed by atoms with Crippen molar-refractivity contribution in [1.82, 2.24) is 4.90 Å². The lowest BCUT2D eigenvalue weighted by Crippen LogP contribution is -2.36. The molecule has 0 aliphatic carbocycles. The molecule has 0 fully saturated rings. The number of amides is 2. The van der Waals surface area contributed by atoms with E-state index in [4.69, 9.17) is 5.11 Å².